The van der Waals surface area contributed by atoms with Gasteiger partial charge in [-0.1, -0.05) is 84.4 Å². The lowest BCUT2D eigenvalue weighted by Gasteiger charge is -2.36. The van der Waals surface area contributed by atoms with Crippen LogP contribution in [0.3, 0.4) is 0 Å². The molecule has 1 fully saturated rings. The third-order valence-corrected chi connectivity index (χ3v) is 12.4. The second-order valence-electron chi connectivity index (χ2n) is 16.6. The number of halogens is 1. The molecule has 1 saturated heterocycles. The number of amides is 3. The number of hydrogen-bond donors (Lipinski definition) is 9. The highest BCUT2D eigenvalue weighted by molar-refractivity contribution is 6.31. The maximum Gasteiger partial charge on any atom is 0.409 e. The molecular formula is C46H59ClN8O9. The van der Waals surface area contributed by atoms with Crippen molar-refractivity contribution in [1.82, 2.24) is 30.4 Å². The number of nitrogens with zero attached hydrogens (tertiary/aromatic N) is 4. The van der Waals surface area contributed by atoms with Gasteiger partial charge in [-0.25, -0.2) is 14.8 Å². The highest BCUT2D eigenvalue weighted by Gasteiger charge is 2.33. The van der Waals surface area contributed by atoms with Crippen molar-refractivity contribution in [3.8, 4) is 11.1 Å². The maximum absolute atomic E-state index is 14.4. The summed E-state index contributed by atoms with van der Waals surface area (Å²) in [5.41, 5.74) is 18.1. The van der Waals surface area contributed by atoms with Crippen LogP contribution in [-0.2, 0) is 16.0 Å². The Kier molecular flexibility index (Phi) is 16.9. The summed E-state index contributed by atoms with van der Waals surface area (Å²) in [5.74, 6) is -1.37. The molecule has 1 aromatic heterocycles. The number of benzene rings is 3. The molecule has 4 aromatic rings. The molecule has 11 N–H and O–H groups in total. The van der Waals surface area contributed by atoms with Crippen LogP contribution in [0.1, 0.15) is 57.9 Å². The molecule has 3 amide bonds. The molecule has 0 spiro atoms. The highest BCUT2D eigenvalue weighted by atomic mass is 35.5. The first-order valence-electron chi connectivity index (χ1n) is 21.6. The van der Waals surface area contributed by atoms with Crippen LogP contribution in [0.4, 0.5) is 16.4 Å². The smallest absolute Gasteiger partial charge is 0.409 e. The maximum atomic E-state index is 14.4. The number of rotatable bonds is 20. The fraction of sp³-hybridized carbons (Fsp3) is 0.457. The van der Waals surface area contributed by atoms with E-state index in [1.54, 1.807) is 9.80 Å². The summed E-state index contributed by atoms with van der Waals surface area (Å²) in [5, 5.41) is 54.4. The molecule has 0 unspecified atom stereocenters. The van der Waals surface area contributed by atoms with Crippen molar-refractivity contribution >= 4 is 41.1 Å². The molecule has 344 valence electrons. The van der Waals surface area contributed by atoms with Crippen LogP contribution in [0.15, 0.2) is 72.8 Å². The molecule has 1 aliphatic carbocycles. The van der Waals surface area contributed by atoms with Gasteiger partial charge in [0.2, 0.25) is 5.91 Å². The van der Waals surface area contributed by atoms with Crippen LogP contribution >= 0.6 is 11.6 Å². The first-order valence-corrected chi connectivity index (χ1v) is 22.0. The van der Waals surface area contributed by atoms with Gasteiger partial charge in [-0.3, -0.25) is 9.59 Å². The van der Waals surface area contributed by atoms with Gasteiger partial charge in [-0.05, 0) is 71.4 Å². The summed E-state index contributed by atoms with van der Waals surface area (Å²) in [6.07, 6.45) is -5.08. The number of aliphatic hydroxyl groups is 5. The van der Waals surface area contributed by atoms with Crippen LogP contribution in [-0.4, -0.2) is 147 Å². The van der Waals surface area contributed by atoms with Crippen LogP contribution in [0.2, 0.25) is 5.15 Å². The zero-order valence-corrected chi connectivity index (χ0v) is 36.6. The minimum absolute atomic E-state index is 0.0284. The number of nitrogen functional groups attached to an aromatic ring is 2. The summed E-state index contributed by atoms with van der Waals surface area (Å²) >= 11 is 6.09. The topological polar surface area (TPSA) is 270 Å². The molecule has 0 radical (unpaired) electrons. The van der Waals surface area contributed by atoms with E-state index in [1.807, 2.05) is 55.5 Å². The molecule has 1 aliphatic heterocycles. The molecule has 0 bridgehead atoms. The van der Waals surface area contributed by atoms with Gasteiger partial charge >= 0.3 is 6.09 Å². The number of likely N-dealkylation sites (tertiary alicyclic amines) is 1. The van der Waals surface area contributed by atoms with Crippen LogP contribution in [0.5, 0.6) is 0 Å². The van der Waals surface area contributed by atoms with Crippen molar-refractivity contribution in [3.05, 3.63) is 106 Å². The average Bonchev–Trinajstić information content (AvgIpc) is 3.62. The van der Waals surface area contributed by atoms with Crippen molar-refractivity contribution in [2.24, 2.45) is 11.8 Å². The highest BCUT2D eigenvalue weighted by Crippen LogP contribution is 2.44. The lowest BCUT2D eigenvalue weighted by molar-refractivity contribution is -0.132. The second-order valence-corrected chi connectivity index (χ2v) is 17.0. The molecule has 0 saturated carbocycles. The number of nitrogens with two attached hydrogens (primary N) is 2. The van der Waals surface area contributed by atoms with Gasteiger partial charge in [0.25, 0.3) is 5.91 Å². The Balaban J connectivity index is 1.13. The Labute approximate surface area is 377 Å². The van der Waals surface area contributed by atoms with E-state index >= 15 is 0 Å². The largest absolute Gasteiger partial charge is 0.448 e. The van der Waals surface area contributed by atoms with Gasteiger partial charge < -0.3 is 62.2 Å². The number of fused-ring (bicyclic) bond motifs is 3. The number of ether oxygens (including phenoxy) is 1. The quantitative estimate of drug-likeness (QED) is 0.0576. The number of piperidine rings is 1. The standard InChI is InChI=1S/C46H59ClN8O9/c1-27-8-2-3-9-30(27)20-29(21-51-45(62)39-43(48)53-44(49)42(47)52-39)24-55(46(63)64-26-35-33-12-6-4-10-31(33)32-11-5-7-13-34(32)35)23-28-15-18-54(19-16-28)38(59)14-17-50-22-36(57)40(60)41(61)37(58)25-56/h2-13,28-29,35-37,40-41,50,56-58,60-61H,14-26H2,1H3,(H,51,62)(H4,48,49,53)/t29-,36-,37+,40+,41+/m0/s1. The van der Waals surface area contributed by atoms with E-state index in [0.717, 1.165) is 33.4 Å². The molecule has 3 aromatic carbocycles. The first kappa shape index (κ1) is 48.1. The van der Waals surface area contributed by atoms with E-state index in [1.165, 1.54) is 0 Å². The van der Waals surface area contributed by atoms with Crippen molar-refractivity contribution in [2.45, 2.75) is 62.9 Å². The zero-order valence-electron chi connectivity index (χ0n) is 35.9. The second kappa shape index (κ2) is 22.5. The Bertz CT molecular complexity index is 2180. The number of aryl methyl sites for hydroxylation is 1. The Hall–Kier alpha value is -5.40. The van der Waals surface area contributed by atoms with Gasteiger partial charge in [0.15, 0.2) is 22.5 Å². The zero-order chi connectivity index (χ0) is 45.9. The van der Waals surface area contributed by atoms with Gasteiger partial charge in [0.05, 0.1) is 12.7 Å². The van der Waals surface area contributed by atoms with E-state index in [2.05, 4.69) is 44.9 Å². The minimum atomic E-state index is -1.74. The fourth-order valence-electron chi connectivity index (χ4n) is 8.47. The van der Waals surface area contributed by atoms with Crippen LogP contribution in [0.25, 0.3) is 11.1 Å². The van der Waals surface area contributed by atoms with Crippen LogP contribution in [0, 0.1) is 18.8 Å². The molecule has 2 aliphatic rings. The first-order chi connectivity index (χ1) is 30.7. The van der Waals surface area contributed by atoms with Gasteiger partial charge in [0.1, 0.15) is 24.9 Å². The predicted octanol–water partition coefficient (Wildman–Crippen LogP) is 2.10. The van der Waals surface area contributed by atoms with Gasteiger partial charge in [-0.2, -0.15) is 0 Å². The summed E-state index contributed by atoms with van der Waals surface area (Å²) in [4.78, 5) is 52.6. The molecule has 2 heterocycles. The number of aromatic nitrogens is 2. The van der Waals surface area contributed by atoms with Crippen LogP contribution < -0.4 is 22.1 Å². The van der Waals surface area contributed by atoms with Crippen molar-refractivity contribution < 1.29 is 44.7 Å². The fourth-order valence-corrected chi connectivity index (χ4v) is 8.59. The van der Waals surface area contributed by atoms with E-state index in [0.29, 0.717) is 38.9 Å². The van der Waals surface area contributed by atoms with E-state index < -0.39 is 43.0 Å². The monoisotopic (exact) mass is 902 g/mol. The predicted molar refractivity (Wildman–Crippen MR) is 241 cm³/mol. The SMILES string of the molecule is Cc1ccccc1C[C@@H](CNC(=O)c1nc(Cl)c(N)nc1N)CN(CC1CCN(C(=O)CCNC[C@H](O)[C@@H](O)[C@H](O)[C@H](O)CO)CC1)C(=O)OCC1c2ccccc2-c2ccccc21. The molecule has 17 nitrogen and oxygen atoms in total. The Morgan fingerprint density at radius 3 is 2.16 bits per heavy atom. The third kappa shape index (κ3) is 12.0. The summed E-state index contributed by atoms with van der Waals surface area (Å²) in [7, 11) is 0. The summed E-state index contributed by atoms with van der Waals surface area (Å²) in [6.45, 7) is 3.06. The average molecular weight is 903 g/mol. The Morgan fingerprint density at radius 1 is 0.875 bits per heavy atom. The molecule has 64 heavy (non-hydrogen) atoms. The van der Waals surface area contributed by atoms with Crippen molar-refractivity contribution in [2.75, 3.05) is 70.5 Å². The van der Waals surface area contributed by atoms with Gasteiger partial charge in [0, 0.05) is 58.2 Å². The third-order valence-electron chi connectivity index (χ3n) is 12.2. The number of carbonyl (C=O) groups is 3. The van der Waals surface area contributed by atoms with E-state index in [-0.39, 0.29) is 85.4 Å². The number of nitrogens with one attached hydrogen (secondary N) is 2. The lowest BCUT2D eigenvalue weighted by atomic mass is 9.93. The molecule has 6 rings (SSSR count). The number of carbonyl (C=O) groups excluding carboxylic acids is 3. The Morgan fingerprint density at radius 2 is 1.50 bits per heavy atom. The summed E-state index contributed by atoms with van der Waals surface area (Å²) in [6, 6.07) is 24.2. The number of aliphatic hydroxyl groups excluding tert-OH is 5. The normalized spacial score (nSPS) is 16.3. The molecule has 18 heteroatoms. The van der Waals surface area contributed by atoms with Crippen molar-refractivity contribution in [1.29, 1.82) is 0 Å². The molecule has 5 atom stereocenters. The summed E-state index contributed by atoms with van der Waals surface area (Å²) < 4.78 is 6.23. The number of hydrogen-bond acceptors (Lipinski definition) is 14. The lowest BCUT2D eigenvalue weighted by Crippen LogP contribution is -2.49. The molecular weight excluding hydrogens is 844 g/mol. The van der Waals surface area contributed by atoms with Gasteiger partial charge in [-0.15, -0.1) is 0 Å². The van der Waals surface area contributed by atoms with Crippen molar-refractivity contribution in [3.63, 3.8) is 0 Å². The van der Waals surface area contributed by atoms with E-state index in [4.69, 9.17) is 32.9 Å². The van der Waals surface area contributed by atoms with E-state index in [9.17, 15) is 34.8 Å². The minimum Gasteiger partial charge on any atom is -0.448 e. The number of anilines is 2.